The van der Waals surface area contributed by atoms with Crippen LogP contribution in [-0.4, -0.2) is 50.0 Å². The van der Waals surface area contributed by atoms with Crippen LogP contribution >= 0.6 is 11.6 Å². The van der Waals surface area contributed by atoms with E-state index in [0.717, 1.165) is 48.6 Å². The van der Waals surface area contributed by atoms with E-state index in [4.69, 9.17) is 11.6 Å². The van der Waals surface area contributed by atoms with Gasteiger partial charge in [-0.3, -0.25) is 13.9 Å². The number of nitrogens with zero attached hydrogens (tertiary/aromatic N) is 2. The predicted octanol–water partition coefficient (Wildman–Crippen LogP) is 5.37. The average molecular weight is 562 g/mol. The molecule has 0 radical (unpaired) electrons. The summed E-state index contributed by atoms with van der Waals surface area (Å²) in [6.45, 7) is 6.20. The van der Waals surface area contributed by atoms with Crippen molar-refractivity contribution in [3.63, 3.8) is 0 Å². The molecule has 0 spiro atoms. The molecule has 0 aromatic heterocycles. The van der Waals surface area contributed by atoms with Crippen LogP contribution < -0.4 is 9.62 Å². The van der Waals surface area contributed by atoms with E-state index in [1.54, 1.807) is 23.1 Å². The van der Waals surface area contributed by atoms with Gasteiger partial charge in [-0.25, -0.2) is 8.42 Å². The Morgan fingerprint density at radius 2 is 1.74 bits per heavy atom. The van der Waals surface area contributed by atoms with Crippen molar-refractivity contribution in [1.29, 1.82) is 0 Å². The van der Waals surface area contributed by atoms with Crippen molar-refractivity contribution < 1.29 is 18.0 Å². The van der Waals surface area contributed by atoms with E-state index in [9.17, 15) is 18.0 Å². The van der Waals surface area contributed by atoms with Gasteiger partial charge in [0.15, 0.2) is 0 Å². The highest BCUT2D eigenvalue weighted by atomic mass is 35.5. The summed E-state index contributed by atoms with van der Waals surface area (Å²) in [6, 6.07) is 12.6. The topological polar surface area (TPSA) is 86.8 Å². The largest absolute Gasteiger partial charge is 0.352 e. The molecule has 0 aliphatic heterocycles. The van der Waals surface area contributed by atoms with Gasteiger partial charge in [-0.05, 0) is 62.8 Å². The summed E-state index contributed by atoms with van der Waals surface area (Å²) in [5.74, 6) is -0.289. The first-order valence-corrected chi connectivity index (χ1v) is 15.6. The Hall–Kier alpha value is -2.58. The van der Waals surface area contributed by atoms with Crippen LogP contribution in [0.2, 0.25) is 5.02 Å². The van der Waals surface area contributed by atoms with E-state index >= 15 is 0 Å². The van der Waals surface area contributed by atoms with E-state index in [1.165, 1.54) is 4.31 Å². The molecule has 0 heterocycles. The lowest BCUT2D eigenvalue weighted by molar-refractivity contribution is -0.141. The third-order valence-corrected chi connectivity index (χ3v) is 8.57. The Labute approximate surface area is 232 Å². The van der Waals surface area contributed by atoms with E-state index in [2.05, 4.69) is 5.32 Å². The lowest BCUT2D eigenvalue weighted by Gasteiger charge is -2.32. The average Bonchev–Trinajstić information content (AvgIpc) is 3.36. The molecule has 9 heteroatoms. The van der Waals surface area contributed by atoms with Crippen molar-refractivity contribution >= 4 is 39.1 Å². The van der Waals surface area contributed by atoms with Crippen LogP contribution in [0, 0.1) is 13.8 Å². The number of carbonyl (C=O) groups is 2. The minimum absolute atomic E-state index is 0.116. The second-order valence-corrected chi connectivity index (χ2v) is 12.6. The number of anilines is 1. The minimum atomic E-state index is -3.59. The van der Waals surface area contributed by atoms with Gasteiger partial charge in [0.2, 0.25) is 21.8 Å². The summed E-state index contributed by atoms with van der Waals surface area (Å²) < 4.78 is 26.5. The first-order valence-electron chi connectivity index (χ1n) is 13.4. The molecule has 2 aromatic carbocycles. The third kappa shape index (κ3) is 8.21. The van der Waals surface area contributed by atoms with E-state index < -0.39 is 16.1 Å². The molecule has 0 unspecified atom stereocenters. The number of benzene rings is 2. The Morgan fingerprint density at radius 3 is 2.34 bits per heavy atom. The maximum Gasteiger partial charge on any atom is 0.243 e. The van der Waals surface area contributed by atoms with Gasteiger partial charge in [0.1, 0.15) is 6.04 Å². The zero-order valence-electron chi connectivity index (χ0n) is 22.9. The van der Waals surface area contributed by atoms with Gasteiger partial charge in [0.05, 0.1) is 11.9 Å². The number of amides is 2. The van der Waals surface area contributed by atoms with Crippen LogP contribution in [0.15, 0.2) is 42.5 Å². The lowest BCUT2D eigenvalue weighted by Crippen LogP contribution is -2.51. The number of sulfonamides is 1. The van der Waals surface area contributed by atoms with Crippen LogP contribution in [0.25, 0.3) is 0 Å². The molecular formula is C29H40ClN3O4S. The first-order chi connectivity index (χ1) is 18.0. The van der Waals surface area contributed by atoms with Gasteiger partial charge in [0, 0.05) is 30.6 Å². The van der Waals surface area contributed by atoms with Crippen molar-refractivity contribution in [1.82, 2.24) is 10.2 Å². The monoisotopic (exact) mass is 561 g/mol. The highest BCUT2D eigenvalue weighted by Gasteiger charge is 2.30. The van der Waals surface area contributed by atoms with Gasteiger partial charge in [-0.1, -0.05) is 67.3 Å². The molecule has 0 saturated heterocycles. The van der Waals surface area contributed by atoms with Crippen molar-refractivity contribution in [2.75, 3.05) is 17.1 Å². The second-order valence-electron chi connectivity index (χ2n) is 10.3. The fourth-order valence-electron chi connectivity index (χ4n) is 5.01. The summed E-state index contributed by atoms with van der Waals surface area (Å²) >= 11 is 6.14. The Morgan fingerprint density at radius 1 is 1.08 bits per heavy atom. The number of rotatable bonds is 12. The Balaban J connectivity index is 1.77. The summed E-state index contributed by atoms with van der Waals surface area (Å²) in [5.41, 5.74) is 3.35. The number of aryl methyl sites for hydroxylation is 2. The summed E-state index contributed by atoms with van der Waals surface area (Å²) in [4.78, 5) is 28.5. The summed E-state index contributed by atoms with van der Waals surface area (Å²) in [5, 5.41) is 3.60. The van der Waals surface area contributed by atoms with Crippen molar-refractivity contribution in [3.05, 3.63) is 64.2 Å². The fraction of sp³-hybridized carbons (Fsp3) is 0.517. The van der Waals surface area contributed by atoms with Crippen LogP contribution in [0.3, 0.4) is 0 Å². The van der Waals surface area contributed by atoms with Gasteiger partial charge >= 0.3 is 0 Å². The zero-order valence-corrected chi connectivity index (χ0v) is 24.4. The number of hydrogen-bond acceptors (Lipinski definition) is 4. The van der Waals surface area contributed by atoms with Gasteiger partial charge in [-0.2, -0.15) is 0 Å². The van der Waals surface area contributed by atoms with Crippen LogP contribution in [-0.2, 0) is 26.2 Å². The summed E-state index contributed by atoms with van der Waals surface area (Å²) in [6.07, 6.45) is 6.23. The molecule has 7 nitrogen and oxygen atoms in total. The fourth-order valence-corrected chi connectivity index (χ4v) is 6.19. The molecule has 1 fully saturated rings. The van der Waals surface area contributed by atoms with Gasteiger partial charge in [0.25, 0.3) is 0 Å². The number of hydrogen-bond donors (Lipinski definition) is 1. The quantitative estimate of drug-likeness (QED) is 0.377. The van der Waals surface area contributed by atoms with E-state index in [-0.39, 0.29) is 30.8 Å². The zero-order chi connectivity index (χ0) is 27.9. The highest BCUT2D eigenvalue weighted by Crippen LogP contribution is 2.27. The van der Waals surface area contributed by atoms with Crippen LogP contribution in [0.4, 0.5) is 5.69 Å². The first kappa shape index (κ1) is 30.0. The molecular weight excluding hydrogens is 522 g/mol. The molecule has 1 aliphatic carbocycles. The lowest BCUT2D eigenvalue weighted by atomic mass is 10.1. The number of carbonyl (C=O) groups excluding carboxylic acids is 2. The van der Waals surface area contributed by atoms with Crippen molar-refractivity contribution in [2.45, 2.75) is 84.3 Å². The molecule has 1 saturated carbocycles. The van der Waals surface area contributed by atoms with E-state index in [0.29, 0.717) is 30.1 Å². The maximum absolute atomic E-state index is 13.6. The van der Waals surface area contributed by atoms with Crippen molar-refractivity contribution in [3.8, 4) is 0 Å². The number of nitrogens with one attached hydrogen (secondary N) is 1. The smallest absolute Gasteiger partial charge is 0.243 e. The molecule has 3 rings (SSSR count). The van der Waals surface area contributed by atoms with Gasteiger partial charge in [-0.15, -0.1) is 0 Å². The minimum Gasteiger partial charge on any atom is -0.352 e. The molecule has 38 heavy (non-hydrogen) atoms. The normalized spacial score (nSPS) is 14.8. The second kappa shape index (κ2) is 13.5. The van der Waals surface area contributed by atoms with E-state index in [1.807, 2.05) is 45.0 Å². The molecule has 208 valence electrons. The number of halogens is 1. The molecule has 2 amide bonds. The standard InChI is InChI=1S/C29H40ClN3O4S/c1-5-26(29(35)31-25-9-6-7-10-25)32(20-23-15-12-21(2)13-16-23)28(34)11-8-18-33(38(4,36)37)27-19-24(30)17-14-22(27)3/h12-17,19,25-26H,5-11,18,20H2,1-4H3,(H,31,35)/t26-/m0/s1. The molecule has 0 bridgehead atoms. The van der Waals surface area contributed by atoms with Crippen molar-refractivity contribution in [2.24, 2.45) is 0 Å². The molecule has 2 aromatic rings. The molecule has 1 aliphatic rings. The SMILES string of the molecule is CC[C@@H](C(=O)NC1CCCC1)N(Cc1ccc(C)cc1)C(=O)CCCN(c1cc(Cl)ccc1C)S(C)(=O)=O. The van der Waals surface area contributed by atoms with Gasteiger partial charge < -0.3 is 10.2 Å². The maximum atomic E-state index is 13.6. The van der Waals surface area contributed by atoms with Crippen LogP contribution in [0.1, 0.15) is 68.6 Å². The molecule has 1 atom stereocenters. The predicted molar refractivity (Wildman–Crippen MR) is 154 cm³/mol. The van der Waals surface area contributed by atoms with Crippen LogP contribution in [0.5, 0.6) is 0 Å². The third-order valence-electron chi connectivity index (χ3n) is 7.15. The Kier molecular flexibility index (Phi) is 10.6. The molecule has 1 N–H and O–H groups in total. The summed E-state index contributed by atoms with van der Waals surface area (Å²) in [7, 11) is -3.59. The highest BCUT2D eigenvalue weighted by molar-refractivity contribution is 7.92. The Bertz CT molecular complexity index is 1210.